The van der Waals surface area contributed by atoms with Gasteiger partial charge in [0.1, 0.15) is 23.0 Å². The third-order valence-corrected chi connectivity index (χ3v) is 9.64. The number of rotatable bonds is 7. The molecule has 5 aromatic rings. The Kier molecular flexibility index (Phi) is 8.09. The first kappa shape index (κ1) is 30.6. The van der Waals surface area contributed by atoms with Crippen molar-refractivity contribution in [1.82, 2.24) is 0 Å². The van der Waals surface area contributed by atoms with Gasteiger partial charge in [0.15, 0.2) is 7.14 Å². The van der Waals surface area contributed by atoms with Gasteiger partial charge in [0.2, 0.25) is 0 Å². The third kappa shape index (κ3) is 6.38. The zero-order valence-corrected chi connectivity index (χ0v) is 23.5. The van der Waals surface area contributed by atoms with Crippen LogP contribution in [0.1, 0.15) is 11.1 Å². The minimum absolute atomic E-state index is 0.0284. The molecule has 0 amide bonds. The van der Waals surface area contributed by atoms with Gasteiger partial charge in [0.05, 0.1) is 11.1 Å². The van der Waals surface area contributed by atoms with Crippen LogP contribution in [0.4, 0.5) is 37.7 Å². The summed E-state index contributed by atoms with van der Waals surface area (Å²) in [6, 6.07) is 24.2. The van der Waals surface area contributed by atoms with Crippen LogP contribution in [0.5, 0.6) is 23.0 Å². The number of halogens is 6. The van der Waals surface area contributed by atoms with Gasteiger partial charge in [0, 0.05) is 27.3 Å². The summed E-state index contributed by atoms with van der Waals surface area (Å²) in [5.41, 5.74) is 9.50. The van der Waals surface area contributed by atoms with Crippen molar-refractivity contribution < 1.29 is 40.4 Å². The second kappa shape index (κ2) is 11.7. The molecule has 0 saturated heterocycles. The fraction of sp³-hybridized carbons (Fsp3) is 0.0625. The molecule has 0 aromatic heterocycles. The van der Waals surface area contributed by atoms with E-state index in [0.29, 0.717) is 23.5 Å². The lowest BCUT2D eigenvalue weighted by atomic mass is 10.2. The molecule has 0 saturated carbocycles. The molecule has 5 aromatic carbocycles. The summed E-state index contributed by atoms with van der Waals surface area (Å²) in [6.45, 7) is 0. The van der Waals surface area contributed by atoms with Crippen LogP contribution in [0, 0.1) is 0 Å². The van der Waals surface area contributed by atoms with E-state index < -0.39 is 42.1 Å². The molecule has 0 heterocycles. The maximum atomic E-state index is 14.9. The van der Waals surface area contributed by atoms with E-state index in [4.69, 9.17) is 20.9 Å². The van der Waals surface area contributed by atoms with Crippen molar-refractivity contribution in [3.63, 3.8) is 0 Å². The molecule has 0 unspecified atom stereocenters. The van der Waals surface area contributed by atoms with E-state index in [2.05, 4.69) is 0 Å². The topological polar surface area (TPSA) is 87.6 Å². The number of hydrogen-bond acceptors (Lipinski definition) is 5. The summed E-state index contributed by atoms with van der Waals surface area (Å²) >= 11 is 0. The lowest BCUT2D eigenvalue weighted by Crippen LogP contribution is -2.27. The molecule has 0 aliphatic rings. The summed E-state index contributed by atoms with van der Waals surface area (Å²) in [4.78, 5) is 0. The highest BCUT2D eigenvalue weighted by Gasteiger charge is 2.41. The van der Waals surface area contributed by atoms with E-state index in [1.165, 1.54) is 72.8 Å². The average molecular weight is 629 g/mol. The van der Waals surface area contributed by atoms with Crippen LogP contribution in [0.25, 0.3) is 0 Å². The van der Waals surface area contributed by atoms with Gasteiger partial charge >= 0.3 is 12.4 Å². The Balaban J connectivity index is 1.67. The zero-order chi connectivity index (χ0) is 31.7. The Hall–Kier alpha value is -4.89. The second-order valence-corrected chi connectivity index (χ2v) is 12.4. The highest BCUT2D eigenvalue weighted by molar-refractivity contribution is 7.85. The molecule has 0 spiro atoms. The summed E-state index contributed by atoms with van der Waals surface area (Å²) in [6.07, 6.45) is -9.93. The summed E-state index contributed by atoms with van der Waals surface area (Å²) in [7, 11) is -4.33. The van der Waals surface area contributed by atoms with Gasteiger partial charge in [-0.25, -0.2) is 0 Å². The Bertz CT molecular complexity index is 1710. The van der Waals surface area contributed by atoms with Crippen molar-refractivity contribution in [2.24, 2.45) is 0 Å². The first-order valence-corrected chi connectivity index (χ1v) is 14.6. The van der Waals surface area contributed by atoms with Crippen molar-refractivity contribution in [3.8, 4) is 23.0 Å². The average Bonchev–Trinajstić information content (AvgIpc) is 2.99. The zero-order valence-electron chi connectivity index (χ0n) is 22.6. The summed E-state index contributed by atoms with van der Waals surface area (Å²) in [5.74, 6) is -1.05. The molecule has 0 fully saturated rings. The largest absolute Gasteiger partial charge is 0.457 e. The van der Waals surface area contributed by atoms with Crippen LogP contribution >= 0.6 is 7.14 Å². The van der Waals surface area contributed by atoms with Crippen LogP contribution in [-0.2, 0) is 16.9 Å². The Morgan fingerprint density at radius 2 is 0.886 bits per heavy atom. The predicted molar refractivity (Wildman–Crippen MR) is 158 cm³/mol. The molecular formula is C32H23F6N2O3P. The van der Waals surface area contributed by atoms with E-state index in [1.807, 2.05) is 0 Å². The summed E-state index contributed by atoms with van der Waals surface area (Å²) < 4.78 is 112. The van der Waals surface area contributed by atoms with E-state index in [9.17, 15) is 30.9 Å². The van der Waals surface area contributed by atoms with Crippen molar-refractivity contribution in [3.05, 3.63) is 126 Å². The minimum atomic E-state index is -4.96. The number of anilines is 2. The van der Waals surface area contributed by atoms with Crippen LogP contribution < -0.4 is 36.9 Å². The normalized spacial score (nSPS) is 12.1. The van der Waals surface area contributed by atoms with Crippen LogP contribution in [-0.4, -0.2) is 0 Å². The van der Waals surface area contributed by atoms with Gasteiger partial charge in [-0.15, -0.1) is 0 Å². The molecule has 12 heteroatoms. The number of ether oxygens (including phenoxy) is 2. The third-order valence-electron chi connectivity index (χ3n) is 6.60. The van der Waals surface area contributed by atoms with Gasteiger partial charge in [-0.05, 0) is 84.9 Å². The van der Waals surface area contributed by atoms with Crippen molar-refractivity contribution >= 4 is 34.4 Å². The molecule has 0 aliphatic carbocycles. The minimum Gasteiger partial charge on any atom is -0.457 e. The molecule has 4 N–H and O–H groups in total. The lowest BCUT2D eigenvalue weighted by Gasteiger charge is -2.24. The van der Waals surface area contributed by atoms with E-state index in [0.717, 1.165) is 24.3 Å². The highest BCUT2D eigenvalue weighted by Crippen LogP contribution is 2.48. The van der Waals surface area contributed by atoms with Gasteiger partial charge in [-0.1, -0.05) is 30.3 Å². The number of alkyl halides is 6. The van der Waals surface area contributed by atoms with Gasteiger partial charge < -0.3 is 25.5 Å². The van der Waals surface area contributed by atoms with Crippen LogP contribution in [0.15, 0.2) is 115 Å². The monoisotopic (exact) mass is 628 g/mol. The fourth-order valence-corrected chi connectivity index (χ4v) is 7.14. The highest BCUT2D eigenvalue weighted by atomic mass is 31.2. The van der Waals surface area contributed by atoms with E-state index >= 15 is 0 Å². The van der Waals surface area contributed by atoms with Crippen molar-refractivity contribution in [1.29, 1.82) is 0 Å². The van der Waals surface area contributed by atoms with Crippen molar-refractivity contribution in [2.45, 2.75) is 12.4 Å². The number of benzene rings is 5. The molecule has 0 aliphatic heterocycles. The standard InChI is InChI=1S/C32H23F6N2O3P/c33-31(34,35)27-18-25(14-16-29(27)42-22-10-6-20(39)7-11-22)44(41,24-4-2-1-3-5-24)26-15-17-30(28(19-26)32(36,37)38)43-23-12-8-21(40)9-13-23/h1-19H,39-40H2. The maximum Gasteiger partial charge on any atom is 0.420 e. The molecule has 0 atom stereocenters. The molecule has 5 nitrogen and oxygen atoms in total. The van der Waals surface area contributed by atoms with Gasteiger partial charge in [-0.3, -0.25) is 0 Å². The van der Waals surface area contributed by atoms with Crippen LogP contribution in [0.3, 0.4) is 0 Å². The van der Waals surface area contributed by atoms with Gasteiger partial charge in [0.25, 0.3) is 0 Å². The van der Waals surface area contributed by atoms with E-state index in [1.54, 1.807) is 6.07 Å². The Morgan fingerprint density at radius 3 is 1.25 bits per heavy atom. The van der Waals surface area contributed by atoms with Crippen LogP contribution in [0.2, 0.25) is 0 Å². The Morgan fingerprint density at radius 1 is 0.500 bits per heavy atom. The summed E-state index contributed by atoms with van der Waals surface area (Å²) in [5, 5.41) is -0.664. The maximum absolute atomic E-state index is 14.9. The fourth-order valence-electron chi connectivity index (χ4n) is 4.46. The lowest BCUT2D eigenvalue weighted by molar-refractivity contribution is -0.139. The number of nitrogen functional groups attached to an aromatic ring is 2. The molecule has 0 radical (unpaired) electrons. The SMILES string of the molecule is Nc1ccc(Oc2ccc(P(=O)(c3ccccc3)c3ccc(Oc4ccc(N)cc4)c(C(F)(F)F)c3)cc2C(F)(F)F)cc1. The molecule has 0 bridgehead atoms. The molecule has 5 rings (SSSR count). The second-order valence-electron chi connectivity index (χ2n) is 9.64. The first-order valence-electron chi connectivity index (χ1n) is 12.9. The molecule has 44 heavy (non-hydrogen) atoms. The number of hydrogen-bond donors (Lipinski definition) is 2. The smallest absolute Gasteiger partial charge is 0.420 e. The molecular weight excluding hydrogens is 605 g/mol. The van der Waals surface area contributed by atoms with E-state index in [-0.39, 0.29) is 27.4 Å². The quantitative estimate of drug-likeness (QED) is 0.108. The van der Waals surface area contributed by atoms with Gasteiger partial charge in [-0.2, -0.15) is 26.3 Å². The van der Waals surface area contributed by atoms with Crippen molar-refractivity contribution in [2.75, 3.05) is 11.5 Å². The Labute approximate surface area is 248 Å². The number of nitrogens with two attached hydrogens (primary N) is 2. The predicted octanol–water partition coefficient (Wildman–Crippen LogP) is 8.11. The first-order chi connectivity index (χ1) is 20.7. The molecule has 226 valence electrons.